The van der Waals surface area contributed by atoms with Crippen molar-refractivity contribution >= 4 is 34.4 Å². The first-order chi connectivity index (χ1) is 6.54. The Labute approximate surface area is 97.0 Å². The summed E-state index contributed by atoms with van der Waals surface area (Å²) in [5, 5.41) is 2.69. The molecular formula is C10H12INO2. The number of carbonyl (C=O) groups is 1. The molecule has 0 saturated heterocycles. The molecule has 0 radical (unpaired) electrons. The molecule has 0 unspecified atom stereocenters. The van der Waals surface area contributed by atoms with Gasteiger partial charge in [-0.2, -0.15) is 0 Å². The van der Waals surface area contributed by atoms with Crippen LogP contribution in [0.4, 0.5) is 10.5 Å². The van der Waals surface area contributed by atoms with Crippen LogP contribution in [0.2, 0.25) is 0 Å². The Morgan fingerprint density at radius 2 is 2.07 bits per heavy atom. The van der Waals surface area contributed by atoms with Crippen LogP contribution < -0.4 is 5.32 Å². The molecule has 1 aromatic rings. The van der Waals surface area contributed by atoms with E-state index in [1.54, 1.807) is 0 Å². The van der Waals surface area contributed by atoms with Crippen LogP contribution in [-0.2, 0) is 4.74 Å². The second-order valence-corrected chi connectivity index (χ2v) is 4.22. The smallest absolute Gasteiger partial charge is 0.411 e. The Balaban J connectivity index is 3.02. The quantitative estimate of drug-likeness (QED) is 0.810. The fraction of sp³-hybridized carbons (Fsp3) is 0.300. The standard InChI is InChI=1S/C10H12INO2/c1-6-4-7(2)9(8(11)5-6)12-10(13)14-3/h4-5H,1-3H3,(H,12,13). The number of anilines is 1. The number of methoxy groups -OCH3 is 1. The molecule has 0 bridgehead atoms. The van der Waals surface area contributed by atoms with E-state index in [-0.39, 0.29) is 0 Å². The summed E-state index contributed by atoms with van der Waals surface area (Å²) in [5.74, 6) is 0. The molecule has 4 heteroatoms. The SMILES string of the molecule is COC(=O)Nc1c(C)cc(C)cc1I. The van der Waals surface area contributed by atoms with Gasteiger partial charge in [-0.25, -0.2) is 4.79 Å². The summed E-state index contributed by atoms with van der Waals surface area (Å²) in [6.45, 7) is 3.98. The molecule has 0 aliphatic rings. The van der Waals surface area contributed by atoms with Crippen molar-refractivity contribution in [3.8, 4) is 0 Å². The number of carbonyl (C=O) groups excluding carboxylic acids is 1. The van der Waals surface area contributed by atoms with Crippen molar-refractivity contribution in [3.05, 3.63) is 26.8 Å². The highest BCUT2D eigenvalue weighted by Gasteiger charge is 2.08. The van der Waals surface area contributed by atoms with Crippen LogP contribution in [0.25, 0.3) is 0 Å². The van der Waals surface area contributed by atoms with Gasteiger partial charge < -0.3 is 4.74 Å². The van der Waals surface area contributed by atoms with Crippen LogP contribution in [0.3, 0.4) is 0 Å². The number of nitrogens with one attached hydrogen (secondary N) is 1. The van der Waals surface area contributed by atoms with Crippen molar-refractivity contribution in [2.75, 3.05) is 12.4 Å². The Kier molecular flexibility index (Phi) is 3.74. The van der Waals surface area contributed by atoms with E-state index in [1.165, 1.54) is 12.7 Å². The van der Waals surface area contributed by atoms with Crippen molar-refractivity contribution in [2.24, 2.45) is 0 Å². The van der Waals surface area contributed by atoms with Crippen molar-refractivity contribution in [1.82, 2.24) is 0 Å². The molecule has 14 heavy (non-hydrogen) atoms. The molecule has 0 aliphatic heterocycles. The zero-order valence-electron chi connectivity index (χ0n) is 8.35. The lowest BCUT2D eigenvalue weighted by molar-refractivity contribution is 0.187. The lowest BCUT2D eigenvalue weighted by atomic mass is 10.1. The minimum atomic E-state index is -0.435. The highest BCUT2D eigenvalue weighted by atomic mass is 127. The molecule has 1 aromatic carbocycles. The molecule has 0 saturated carbocycles. The summed E-state index contributed by atoms with van der Waals surface area (Å²) >= 11 is 2.19. The summed E-state index contributed by atoms with van der Waals surface area (Å²) in [6, 6.07) is 4.03. The zero-order chi connectivity index (χ0) is 10.7. The maximum Gasteiger partial charge on any atom is 0.411 e. The zero-order valence-corrected chi connectivity index (χ0v) is 10.5. The molecule has 0 heterocycles. The molecular weight excluding hydrogens is 293 g/mol. The first kappa shape index (κ1) is 11.3. The third-order valence-electron chi connectivity index (χ3n) is 1.84. The summed E-state index contributed by atoms with van der Waals surface area (Å²) in [7, 11) is 1.35. The summed E-state index contributed by atoms with van der Waals surface area (Å²) < 4.78 is 5.56. The fourth-order valence-corrected chi connectivity index (χ4v) is 2.28. The number of hydrogen-bond donors (Lipinski definition) is 1. The van der Waals surface area contributed by atoms with Crippen molar-refractivity contribution < 1.29 is 9.53 Å². The maximum absolute atomic E-state index is 11.0. The highest BCUT2D eigenvalue weighted by Crippen LogP contribution is 2.24. The molecule has 3 nitrogen and oxygen atoms in total. The van der Waals surface area contributed by atoms with E-state index in [4.69, 9.17) is 0 Å². The highest BCUT2D eigenvalue weighted by molar-refractivity contribution is 14.1. The molecule has 0 aromatic heterocycles. The lowest BCUT2D eigenvalue weighted by Gasteiger charge is -2.10. The molecule has 1 amide bonds. The van der Waals surface area contributed by atoms with Crippen LogP contribution in [0.1, 0.15) is 11.1 Å². The summed E-state index contributed by atoms with van der Waals surface area (Å²) in [5.41, 5.74) is 3.05. The summed E-state index contributed by atoms with van der Waals surface area (Å²) in [4.78, 5) is 11.0. The van der Waals surface area contributed by atoms with Gasteiger partial charge in [-0.1, -0.05) is 6.07 Å². The fourth-order valence-electron chi connectivity index (χ4n) is 1.23. The third-order valence-corrected chi connectivity index (χ3v) is 2.69. The number of ether oxygens (including phenoxy) is 1. The van der Waals surface area contributed by atoms with E-state index in [9.17, 15) is 4.79 Å². The Hall–Kier alpha value is -0.780. The second kappa shape index (κ2) is 4.63. The molecule has 0 spiro atoms. The van der Waals surface area contributed by atoms with Gasteiger partial charge in [0.25, 0.3) is 0 Å². The normalized spacial score (nSPS) is 9.71. The van der Waals surface area contributed by atoms with E-state index in [0.29, 0.717) is 0 Å². The number of amides is 1. The van der Waals surface area contributed by atoms with Crippen LogP contribution >= 0.6 is 22.6 Å². The van der Waals surface area contributed by atoms with Gasteiger partial charge in [0.15, 0.2) is 0 Å². The van der Waals surface area contributed by atoms with E-state index < -0.39 is 6.09 Å². The maximum atomic E-state index is 11.0. The van der Waals surface area contributed by atoms with E-state index in [2.05, 4.69) is 32.6 Å². The van der Waals surface area contributed by atoms with Gasteiger partial charge in [-0.15, -0.1) is 0 Å². The third kappa shape index (κ3) is 2.60. The Morgan fingerprint density at radius 3 is 2.57 bits per heavy atom. The first-order valence-corrected chi connectivity index (χ1v) is 5.24. The minimum absolute atomic E-state index is 0.435. The predicted molar refractivity (Wildman–Crippen MR) is 64.7 cm³/mol. The minimum Gasteiger partial charge on any atom is -0.453 e. The second-order valence-electron chi connectivity index (χ2n) is 3.06. The van der Waals surface area contributed by atoms with E-state index in [0.717, 1.165) is 14.8 Å². The first-order valence-electron chi connectivity index (χ1n) is 4.16. The topological polar surface area (TPSA) is 38.3 Å². The molecule has 0 atom stereocenters. The summed E-state index contributed by atoms with van der Waals surface area (Å²) in [6.07, 6.45) is -0.435. The van der Waals surface area contributed by atoms with Gasteiger partial charge in [-0.05, 0) is 53.6 Å². The predicted octanol–water partition coefficient (Wildman–Crippen LogP) is 3.09. The molecule has 1 rings (SSSR count). The van der Waals surface area contributed by atoms with E-state index in [1.807, 2.05) is 26.0 Å². The number of rotatable bonds is 1. The van der Waals surface area contributed by atoms with Crippen LogP contribution in [0.5, 0.6) is 0 Å². The molecule has 1 N–H and O–H groups in total. The van der Waals surface area contributed by atoms with Gasteiger partial charge in [0, 0.05) is 3.57 Å². The van der Waals surface area contributed by atoms with Gasteiger partial charge in [0.2, 0.25) is 0 Å². The van der Waals surface area contributed by atoms with Crippen LogP contribution in [-0.4, -0.2) is 13.2 Å². The van der Waals surface area contributed by atoms with Crippen LogP contribution in [0, 0.1) is 17.4 Å². The van der Waals surface area contributed by atoms with Gasteiger partial charge in [0.05, 0.1) is 12.8 Å². The average molecular weight is 305 g/mol. The van der Waals surface area contributed by atoms with Crippen molar-refractivity contribution in [1.29, 1.82) is 0 Å². The van der Waals surface area contributed by atoms with Gasteiger partial charge in [0.1, 0.15) is 0 Å². The molecule has 0 fully saturated rings. The van der Waals surface area contributed by atoms with Crippen molar-refractivity contribution in [3.63, 3.8) is 0 Å². The number of halogens is 1. The lowest BCUT2D eigenvalue weighted by Crippen LogP contribution is -2.13. The monoisotopic (exact) mass is 305 g/mol. The van der Waals surface area contributed by atoms with Crippen molar-refractivity contribution in [2.45, 2.75) is 13.8 Å². The van der Waals surface area contributed by atoms with Gasteiger partial charge >= 0.3 is 6.09 Å². The van der Waals surface area contributed by atoms with E-state index >= 15 is 0 Å². The number of benzene rings is 1. The van der Waals surface area contributed by atoms with Gasteiger partial charge in [-0.3, -0.25) is 5.32 Å². The van der Waals surface area contributed by atoms with Crippen LogP contribution in [0.15, 0.2) is 12.1 Å². The Bertz CT molecular complexity index is 340. The Morgan fingerprint density at radius 1 is 1.43 bits per heavy atom. The molecule has 0 aliphatic carbocycles. The molecule has 76 valence electrons. The average Bonchev–Trinajstić information content (AvgIpc) is 2.10. The number of aryl methyl sites for hydroxylation is 2. The largest absolute Gasteiger partial charge is 0.453 e. The number of hydrogen-bond acceptors (Lipinski definition) is 2.